The van der Waals surface area contributed by atoms with Gasteiger partial charge in [0, 0.05) is 6.54 Å². The third-order valence-electron chi connectivity index (χ3n) is 9.02. The molecule has 0 aromatic rings. The molecule has 0 radical (unpaired) electrons. The number of nitrogens with one attached hydrogen (secondary N) is 1. The van der Waals surface area contributed by atoms with Gasteiger partial charge in [-0.25, -0.2) is 4.57 Å². The summed E-state index contributed by atoms with van der Waals surface area (Å²) in [6.07, 6.45) is 30.2. The number of phosphoric acid groups is 1. The molecule has 4 atom stereocenters. The predicted molar refractivity (Wildman–Crippen MR) is 195 cm³/mol. The van der Waals surface area contributed by atoms with Gasteiger partial charge in [-0.05, 0) is 12.8 Å². The minimum absolute atomic E-state index is 0.0622. The Labute approximate surface area is 289 Å². The molecule has 1 amide bonds. The molecule has 4 unspecified atom stereocenters. The van der Waals surface area contributed by atoms with E-state index in [4.69, 9.17) is 14.8 Å². The van der Waals surface area contributed by atoms with Crippen molar-refractivity contribution in [3.8, 4) is 0 Å². The largest absolute Gasteiger partial charge is 0.472 e. The second-order valence-electron chi connectivity index (χ2n) is 13.7. The van der Waals surface area contributed by atoms with E-state index < -0.39 is 32.0 Å². The zero-order chi connectivity index (χ0) is 34.9. The number of hydrogen-bond acceptors (Lipinski definition) is 7. The summed E-state index contributed by atoms with van der Waals surface area (Å²) in [6.45, 7) is 4.00. The minimum Gasteiger partial charge on any atom is -0.393 e. The quantitative estimate of drug-likeness (QED) is 0.0319. The van der Waals surface area contributed by atoms with Crippen molar-refractivity contribution in [3.05, 3.63) is 0 Å². The Bertz CT molecular complexity index is 731. The maximum Gasteiger partial charge on any atom is 0.472 e. The molecular formula is C37H77N2O7P. The van der Waals surface area contributed by atoms with E-state index in [1.165, 1.54) is 122 Å². The van der Waals surface area contributed by atoms with Crippen LogP contribution >= 0.6 is 7.82 Å². The Morgan fingerprint density at radius 3 is 1.43 bits per heavy atom. The molecule has 0 aromatic heterocycles. The first kappa shape index (κ1) is 46.5. The molecule has 0 aliphatic carbocycles. The molecule has 0 spiro atoms. The second-order valence-corrected chi connectivity index (χ2v) is 15.1. The van der Waals surface area contributed by atoms with E-state index in [0.29, 0.717) is 12.8 Å². The molecule has 0 heterocycles. The monoisotopic (exact) mass is 693 g/mol. The van der Waals surface area contributed by atoms with E-state index in [9.17, 15) is 24.5 Å². The maximum absolute atomic E-state index is 12.7. The number of carbonyl (C=O) groups is 1. The minimum atomic E-state index is -4.36. The van der Waals surface area contributed by atoms with Gasteiger partial charge in [0.05, 0.1) is 37.9 Å². The van der Waals surface area contributed by atoms with Gasteiger partial charge >= 0.3 is 7.82 Å². The van der Waals surface area contributed by atoms with Crippen LogP contribution in [0.15, 0.2) is 0 Å². The Morgan fingerprint density at radius 2 is 1.02 bits per heavy atom. The van der Waals surface area contributed by atoms with E-state index >= 15 is 0 Å². The number of amides is 1. The average molecular weight is 693 g/mol. The highest BCUT2D eigenvalue weighted by atomic mass is 31.2. The van der Waals surface area contributed by atoms with Gasteiger partial charge < -0.3 is 26.2 Å². The van der Waals surface area contributed by atoms with Crippen LogP contribution in [0.4, 0.5) is 0 Å². The summed E-state index contributed by atoms with van der Waals surface area (Å²) in [6, 6.07) is -0.888. The van der Waals surface area contributed by atoms with Crippen molar-refractivity contribution in [1.29, 1.82) is 0 Å². The van der Waals surface area contributed by atoms with Gasteiger partial charge in [0.15, 0.2) is 0 Å². The molecule has 0 rings (SSSR count). The van der Waals surface area contributed by atoms with E-state index in [1.54, 1.807) is 0 Å². The molecule has 0 saturated heterocycles. The van der Waals surface area contributed by atoms with Gasteiger partial charge in [-0.1, -0.05) is 174 Å². The van der Waals surface area contributed by atoms with E-state index in [-0.39, 0.29) is 26.2 Å². The highest BCUT2D eigenvalue weighted by Gasteiger charge is 2.28. The van der Waals surface area contributed by atoms with Crippen molar-refractivity contribution in [2.24, 2.45) is 5.73 Å². The van der Waals surface area contributed by atoms with Gasteiger partial charge in [-0.15, -0.1) is 0 Å². The number of hydrogen-bond donors (Lipinski definition) is 5. The summed E-state index contributed by atoms with van der Waals surface area (Å²) < 4.78 is 22.0. The normalized spacial score (nSPS) is 14.9. The van der Waals surface area contributed by atoms with Crippen LogP contribution in [-0.2, 0) is 18.4 Å². The van der Waals surface area contributed by atoms with Crippen LogP contribution in [-0.4, -0.2) is 59.0 Å². The van der Waals surface area contributed by atoms with Crippen LogP contribution in [0.3, 0.4) is 0 Å². The molecule has 10 heteroatoms. The molecule has 0 saturated carbocycles. The lowest BCUT2D eigenvalue weighted by molar-refractivity contribution is -0.125. The fourth-order valence-electron chi connectivity index (χ4n) is 6.00. The van der Waals surface area contributed by atoms with Gasteiger partial charge in [-0.3, -0.25) is 13.8 Å². The van der Waals surface area contributed by atoms with E-state index in [1.807, 2.05) is 0 Å². The summed E-state index contributed by atoms with van der Waals surface area (Å²) in [5, 5.41) is 24.0. The Kier molecular flexibility index (Phi) is 33.5. The lowest BCUT2D eigenvalue weighted by atomic mass is 10.0. The van der Waals surface area contributed by atoms with Crippen molar-refractivity contribution >= 4 is 13.7 Å². The lowest BCUT2D eigenvalue weighted by Crippen LogP contribution is -2.47. The van der Waals surface area contributed by atoms with Gasteiger partial charge in [0.2, 0.25) is 5.91 Å². The highest BCUT2D eigenvalue weighted by Crippen LogP contribution is 2.43. The number of aliphatic hydroxyl groups is 2. The van der Waals surface area contributed by atoms with Crippen molar-refractivity contribution in [2.45, 2.75) is 212 Å². The second kappa shape index (κ2) is 33.9. The Hall–Kier alpha value is -0.540. The zero-order valence-electron chi connectivity index (χ0n) is 30.7. The smallest absolute Gasteiger partial charge is 0.393 e. The number of nitrogens with two attached hydrogens (primary N) is 1. The van der Waals surface area contributed by atoms with Gasteiger partial charge in [0.1, 0.15) is 0 Å². The molecule has 0 aliphatic rings. The van der Waals surface area contributed by atoms with Gasteiger partial charge in [0.25, 0.3) is 0 Å². The zero-order valence-corrected chi connectivity index (χ0v) is 31.5. The highest BCUT2D eigenvalue weighted by molar-refractivity contribution is 7.47. The molecule has 47 heavy (non-hydrogen) atoms. The van der Waals surface area contributed by atoms with Crippen molar-refractivity contribution in [2.75, 3.05) is 19.8 Å². The number of aliphatic hydroxyl groups excluding tert-OH is 2. The van der Waals surface area contributed by atoms with E-state index in [0.717, 1.165) is 38.5 Å². The molecule has 6 N–H and O–H groups in total. The topological polar surface area (TPSA) is 151 Å². The fraction of sp³-hybridized carbons (Fsp3) is 0.973. The lowest BCUT2D eigenvalue weighted by Gasteiger charge is -2.25. The molecule has 0 aliphatic heterocycles. The molecule has 0 aromatic carbocycles. The van der Waals surface area contributed by atoms with Crippen LogP contribution in [0.1, 0.15) is 194 Å². The molecule has 282 valence electrons. The number of rotatable bonds is 37. The molecule has 9 nitrogen and oxygen atoms in total. The van der Waals surface area contributed by atoms with Crippen LogP contribution in [0.25, 0.3) is 0 Å². The number of unbranched alkanes of at least 4 members (excludes halogenated alkanes) is 23. The SMILES string of the molecule is CCCCCCCCCCCCCCCCCCCCC(O)C(COP(=O)(O)OCCN)NC(=O)CC(O)CCCCCCCCC. The van der Waals surface area contributed by atoms with E-state index in [2.05, 4.69) is 19.2 Å². The van der Waals surface area contributed by atoms with Crippen molar-refractivity contribution in [3.63, 3.8) is 0 Å². The number of phosphoric ester groups is 1. The molecule has 0 bridgehead atoms. The Balaban J connectivity index is 4.23. The van der Waals surface area contributed by atoms with Crippen LogP contribution in [0.2, 0.25) is 0 Å². The number of carbonyl (C=O) groups excluding carboxylic acids is 1. The van der Waals surface area contributed by atoms with Crippen molar-refractivity contribution < 1.29 is 33.5 Å². The standard InChI is InChI=1S/C37H77N2O7P/c1-3-5-7-9-11-12-13-14-15-16-17-18-19-20-21-23-25-27-29-36(41)35(33-46-47(43,44)45-31-30-38)39-37(42)32-34(40)28-26-24-22-10-8-6-4-2/h34-36,40-41H,3-33,38H2,1-2H3,(H,39,42)(H,43,44). The first-order valence-corrected chi connectivity index (χ1v) is 21.2. The first-order valence-electron chi connectivity index (χ1n) is 19.7. The molecular weight excluding hydrogens is 615 g/mol. The summed E-state index contributed by atoms with van der Waals surface area (Å²) in [7, 11) is -4.36. The molecule has 0 fully saturated rings. The van der Waals surface area contributed by atoms with Crippen LogP contribution < -0.4 is 11.1 Å². The fourth-order valence-corrected chi connectivity index (χ4v) is 6.76. The summed E-state index contributed by atoms with van der Waals surface area (Å²) in [5.41, 5.74) is 5.35. The Morgan fingerprint density at radius 1 is 0.638 bits per heavy atom. The first-order chi connectivity index (χ1) is 22.8. The van der Waals surface area contributed by atoms with Crippen molar-refractivity contribution in [1.82, 2.24) is 5.32 Å². The summed E-state index contributed by atoms with van der Waals surface area (Å²) >= 11 is 0. The summed E-state index contributed by atoms with van der Waals surface area (Å²) in [4.78, 5) is 22.6. The summed E-state index contributed by atoms with van der Waals surface area (Å²) in [5.74, 6) is -0.415. The van der Waals surface area contributed by atoms with Crippen LogP contribution in [0, 0.1) is 0 Å². The van der Waals surface area contributed by atoms with Gasteiger partial charge in [-0.2, -0.15) is 0 Å². The maximum atomic E-state index is 12.7. The third-order valence-corrected chi connectivity index (χ3v) is 10.00. The third kappa shape index (κ3) is 32.4. The van der Waals surface area contributed by atoms with Crippen LogP contribution in [0.5, 0.6) is 0 Å². The predicted octanol–water partition coefficient (Wildman–Crippen LogP) is 9.25. The average Bonchev–Trinajstić information content (AvgIpc) is 3.04.